The van der Waals surface area contributed by atoms with Crippen molar-refractivity contribution in [1.82, 2.24) is 4.72 Å². The van der Waals surface area contributed by atoms with Crippen LogP contribution in [0.3, 0.4) is 0 Å². The van der Waals surface area contributed by atoms with Crippen molar-refractivity contribution in [1.29, 1.82) is 0 Å². The highest BCUT2D eigenvalue weighted by Gasteiger charge is 2.19. The Morgan fingerprint density at radius 3 is 2.70 bits per heavy atom. The Morgan fingerprint density at radius 1 is 1.40 bits per heavy atom. The Bertz CT molecular complexity index is 635. The van der Waals surface area contributed by atoms with E-state index in [1.165, 1.54) is 12.1 Å². The Hall–Kier alpha value is -2.11. The van der Waals surface area contributed by atoms with Gasteiger partial charge in [0.05, 0.1) is 9.82 Å². The number of nitrogens with one attached hydrogen (secondary N) is 1. The predicted octanol–water partition coefficient (Wildman–Crippen LogP) is 1.26. The second kappa shape index (κ2) is 6.88. The van der Waals surface area contributed by atoms with Crippen LogP contribution < -0.4 is 10.5 Å². The first-order chi connectivity index (χ1) is 9.38. The Balaban J connectivity index is 2.80. The normalized spacial score (nSPS) is 10.9. The number of terminal acetylenes is 1. The van der Waals surface area contributed by atoms with Crippen molar-refractivity contribution in [3.63, 3.8) is 0 Å². The van der Waals surface area contributed by atoms with Crippen LogP contribution in [-0.4, -0.2) is 19.9 Å². The molecule has 0 heterocycles. The zero-order valence-corrected chi connectivity index (χ0v) is 11.5. The second-order valence-corrected chi connectivity index (χ2v) is 5.80. The van der Waals surface area contributed by atoms with E-state index in [1.807, 2.05) is 0 Å². The number of nitro benzene ring substituents is 1. The minimum absolute atomic E-state index is 0.0806. The number of nitrogen functional groups attached to an aromatic ring is 1. The van der Waals surface area contributed by atoms with Gasteiger partial charge in [0.25, 0.3) is 5.69 Å². The molecule has 8 heteroatoms. The fourth-order valence-electron chi connectivity index (χ4n) is 1.49. The first-order valence-corrected chi connectivity index (χ1v) is 7.34. The lowest BCUT2D eigenvalue weighted by molar-refractivity contribution is -0.384. The van der Waals surface area contributed by atoms with Crippen LogP contribution in [0.5, 0.6) is 0 Å². The van der Waals surface area contributed by atoms with E-state index in [1.54, 1.807) is 0 Å². The van der Waals surface area contributed by atoms with Crippen molar-refractivity contribution < 1.29 is 13.3 Å². The zero-order valence-electron chi connectivity index (χ0n) is 10.7. The summed E-state index contributed by atoms with van der Waals surface area (Å²) in [5.74, 6) is 2.46. The van der Waals surface area contributed by atoms with Crippen LogP contribution in [0.4, 0.5) is 11.4 Å². The van der Waals surface area contributed by atoms with E-state index in [-0.39, 0.29) is 17.1 Å². The Morgan fingerprint density at radius 2 is 2.10 bits per heavy atom. The molecule has 0 unspecified atom stereocenters. The molecular formula is C12H15N3O4S. The van der Waals surface area contributed by atoms with Crippen molar-refractivity contribution >= 4 is 21.4 Å². The molecule has 0 bridgehead atoms. The van der Waals surface area contributed by atoms with Gasteiger partial charge in [0.1, 0.15) is 5.69 Å². The molecule has 1 rings (SSSR count). The van der Waals surface area contributed by atoms with Gasteiger partial charge in [-0.2, -0.15) is 0 Å². The van der Waals surface area contributed by atoms with Gasteiger partial charge in [0.2, 0.25) is 10.0 Å². The molecule has 0 spiro atoms. The lowest BCUT2D eigenvalue weighted by Gasteiger charge is -2.07. The quantitative estimate of drug-likeness (QED) is 0.258. The van der Waals surface area contributed by atoms with Gasteiger partial charge in [-0.25, -0.2) is 13.1 Å². The van der Waals surface area contributed by atoms with Crippen molar-refractivity contribution in [3.8, 4) is 12.3 Å². The van der Waals surface area contributed by atoms with Gasteiger partial charge in [0, 0.05) is 19.0 Å². The van der Waals surface area contributed by atoms with E-state index < -0.39 is 20.6 Å². The molecule has 0 atom stereocenters. The zero-order chi connectivity index (χ0) is 15.2. The van der Waals surface area contributed by atoms with Crippen LogP contribution in [0, 0.1) is 22.5 Å². The molecule has 0 aromatic heterocycles. The lowest BCUT2D eigenvalue weighted by atomic mass is 10.2. The molecule has 1 aromatic carbocycles. The molecule has 0 saturated carbocycles. The van der Waals surface area contributed by atoms with Crippen LogP contribution in [0.15, 0.2) is 23.1 Å². The van der Waals surface area contributed by atoms with Gasteiger partial charge in [-0.3, -0.25) is 10.1 Å². The molecule has 0 fully saturated rings. The highest BCUT2D eigenvalue weighted by Crippen LogP contribution is 2.24. The number of hydrogen-bond acceptors (Lipinski definition) is 5. The van der Waals surface area contributed by atoms with E-state index in [9.17, 15) is 18.5 Å². The summed E-state index contributed by atoms with van der Waals surface area (Å²) in [7, 11) is -3.78. The van der Waals surface area contributed by atoms with Crippen molar-refractivity contribution in [2.75, 3.05) is 12.3 Å². The maximum Gasteiger partial charge on any atom is 0.293 e. The van der Waals surface area contributed by atoms with E-state index in [4.69, 9.17) is 12.2 Å². The molecule has 0 amide bonds. The molecule has 0 aliphatic rings. The monoisotopic (exact) mass is 297 g/mol. The number of unbranched alkanes of at least 4 members (excludes halogenated alkanes) is 2. The number of nitrogens with two attached hydrogens (primary N) is 1. The number of sulfonamides is 1. The van der Waals surface area contributed by atoms with Gasteiger partial charge >= 0.3 is 0 Å². The number of anilines is 1. The molecule has 1 aromatic rings. The first kappa shape index (κ1) is 15.9. The maximum absolute atomic E-state index is 11.9. The standard InChI is InChI=1S/C12H15N3O4S/c1-2-3-4-5-8-14-20(18,19)10-6-7-11(13)12(9-10)15(16)17/h1,6-7,9,14H,3-5,8,13H2. The maximum atomic E-state index is 11.9. The van der Waals surface area contributed by atoms with Gasteiger partial charge in [-0.1, -0.05) is 0 Å². The van der Waals surface area contributed by atoms with Crippen LogP contribution in [0.2, 0.25) is 0 Å². The van der Waals surface area contributed by atoms with Crippen molar-refractivity contribution in [3.05, 3.63) is 28.3 Å². The molecule has 108 valence electrons. The Kier molecular flexibility index (Phi) is 5.49. The fourth-order valence-corrected chi connectivity index (χ4v) is 2.58. The van der Waals surface area contributed by atoms with E-state index in [0.29, 0.717) is 19.3 Å². The number of rotatable bonds is 7. The van der Waals surface area contributed by atoms with Gasteiger partial charge in [0.15, 0.2) is 0 Å². The number of nitrogens with zero attached hydrogens (tertiary/aromatic N) is 1. The van der Waals surface area contributed by atoms with Gasteiger partial charge < -0.3 is 5.73 Å². The largest absolute Gasteiger partial charge is 0.393 e. The molecule has 0 aliphatic carbocycles. The topological polar surface area (TPSA) is 115 Å². The van der Waals surface area contributed by atoms with Gasteiger partial charge in [-0.05, 0) is 25.0 Å². The number of benzene rings is 1. The average Bonchev–Trinajstić information content (AvgIpc) is 2.38. The number of hydrogen-bond donors (Lipinski definition) is 2. The predicted molar refractivity (Wildman–Crippen MR) is 75.4 cm³/mol. The molecule has 20 heavy (non-hydrogen) atoms. The summed E-state index contributed by atoms with van der Waals surface area (Å²) in [5.41, 5.74) is 4.90. The van der Waals surface area contributed by atoms with Crippen molar-refractivity contribution in [2.24, 2.45) is 0 Å². The van der Waals surface area contributed by atoms with Crippen LogP contribution in [-0.2, 0) is 10.0 Å². The smallest absolute Gasteiger partial charge is 0.293 e. The Labute approximate surface area is 117 Å². The summed E-state index contributed by atoms with van der Waals surface area (Å²) in [6.45, 7) is 0.224. The number of nitro groups is 1. The van der Waals surface area contributed by atoms with Crippen molar-refractivity contribution in [2.45, 2.75) is 24.2 Å². The van der Waals surface area contributed by atoms with Crippen LogP contribution >= 0.6 is 0 Å². The summed E-state index contributed by atoms with van der Waals surface area (Å²) in [6, 6.07) is 3.37. The fraction of sp³-hybridized carbons (Fsp3) is 0.333. The highest BCUT2D eigenvalue weighted by molar-refractivity contribution is 7.89. The minimum atomic E-state index is -3.78. The summed E-state index contributed by atoms with van der Waals surface area (Å²) >= 11 is 0. The molecule has 3 N–H and O–H groups in total. The minimum Gasteiger partial charge on any atom is -0.393 e. The molecule has 0 saturated heterocycles. The summed E-state index contributed by atoms with van der Waals surface area (Å²) in [4.78, 5) is 9.82. The van der Waals surface area contributed by atoms with E-state index in [2.05, 4.69) is 10.6 Å². The third kappa shape index (κ3) is 4.22. The third-order valence-electron chi connectivity index (χ3n) is 2.55. The first-order valence-electron chi connectivity index (χ1n) is 5.85. The molecule has 7 nitrogen and oxygen atoms in total. The van der Waals surface area contributed by atoms with Crippen LogP contribution in [0.1, 0.15) is 19.3 Å². The van der Waals surface area contributed by atoms with Crippen LogP contribution in [0.25, 0.3) is 0 Å². The average molecular weight is 297 g/mol. The molecule has 0 aliphatic heterocycles. The lowest BCUT2D eigenvalue weighted by Crippen LogP contribution is -2.24. The SMILES string of the molecule is C#CCCCCNS(=O)(=O)c1ccc(N)c([N+](=O)[O-])c1. The summed E-state index contributed by atoms with van der Waals surface area (Å²) in [6.07, 6.45) is 6.97. The van der Waals surface area contributed by atoms with E-state index >= 15 is 0 Å². The summed E-state index contributed by atoms with van der Waals surface area (Å²) < 4.78 is 26.2. The third-order valence-corrected chi connectivity index (χ3v) is 4.01. The second-order valence-electron chi connectivity index (χ2n) is 4.04. The summed E-state index contributed by atoms with van der Waals surface area (Å²) in [5, 5.41) is 10.7. The molecular weight excluding hydrogens is 282 g/mol. The molecule has 0 radical (unpaired) electrons. The van der Waals surface area contributed by atoms with Gasteiger partial charge in [-0.15, -0.1) is 12.3 Å². The van der Waals surface area contributed by atoms with E-state index in [0.717, 1.165) is 6.07 Å². The highest BCUT2D eigenvalue weighted by atomic mass is 32.2.